The average Bonchev–Trinajstić information content (AvgIpc) is 2.69. The number of benzene rings is 1. The molecule has 2 atom stereocenters. The summed E-state index contributed by atoms with van der Waals surface area (Å²) in [6.07, 6.45) is 3.07. The van der Waals surface area contributed by atoms with Crippen LogP contribution in [-0.4, -0.2) is 55.9 Å². The van der Waals surface area contributed by atoms with E-state index in [0.29, 0.717) is 12.8 Å². The van der Waals surface area contributed by atoms with Crippen LogP contribution in [0.25, 0.3) is 0 Å². The molecular weight excluding hydrogens is 388 g/mol. The van der Waals surface area contributed by atoms with Crippen molar-refractivity contribution < 1.29 is 22.9 Å². The number of carbonyl (C=O) groups excluding carboxylic acids is 1. The number of non-ortho nitro benzene ring substituents is 1. The molecule has 3 N–H and O–H groups in total. The lowest BCUT2D eigenvalue weighted by Gasteiger charge is -2.32. The van der Waals surface area contributed by atoms with Gasteiger partial charge in [0.25, 0.3) is 5.69 Å². The fourth-order valence-corrected chi connectivity index (χ4v) is 5.31. The molecule has 1 aliphatic carbocycles. The van der Waals surface area contributed by atoms with Gasteiger partial charge in [-0.3, -0.25) is 14.9 Å². The molecule has 1 amide bonds. The number of hydrogen-bond donors (Lipinski definition) is 2. The van der Waals surface area contributed by atoms with Crippen LogP contribution in [0.1, 0.15) is 25.7 Å². The van der Waals surface area contributed by atoms with Crippen molar-refractivity contribution in [1.29, 1.82) is 0 Å². The molecule has 11 heteroatoms. The minimum Gasteiger partial charge on any atom is -0.380 e. The van der Waals surface area contributed by atoms with E-state index < -0.39 is 26.8 Å². The lowest BCUT2D eigenvalue weighted by molar-refractivity contribution is -0.385. The van der Waals surface area contributed by atoms with Gasteiger partial charge in [-0.15, -0.1) is 0 Å². The third-order valence-electron chi connectivity index (χ3n) is 5.24. The van der Waals surface area contributed by atoms with Crippen molar-refractivity contribution in [2.45, 2.75) is 36.6 Å². The maximum Gasteiger partial charge on any atom is 0.270 e. The van der Waals surface area contributed by atoms with Crippen molar-refractivity contribution in [3.05, 3.63) is 28.3 Å². The number of hydrogen-bond acceptors (Lipinski definition) is 7. The second-order valence-electron chi connectivity index (χ2n) is 7.00. The van der Waals surface area contributed by atoms with Crippen LogP contribution in [0.15, 0.2) is 23.1 Å². The van der Waals surface area contributed by atoms with Crippen LogP contribution in [-0.2, 0) is 19.6 Å². The highest BCUT2D eigenvalue weighted by molar-refractivity contribution is 7.89. The standard InChI is InChI=1S/C17H24N4O6S/c18-17(22)13-3-1-2-4-14(13)19-15-6-5-12(21(23)24)11-16(15)28(25,26)20-7-9-27-10-8-20/h5-6,11,13-14,19H,1-4,7-10H2,(H2,18,22)/t13-,14+/m0/s1. The number of nitro groups is 1. The highest BCUT2D eigenvalue weighted by Crippen LogP contribution is 2.33. The molecule has 0 radical (unpaired) electrons. The molecule has 2 fully saturated rings. The number of primary amides is 1. The Morgan fingerprint density at radius 1 is 1.25 bits per heavy atom. The summed E-state index contributed by atoms with van der Waals surface area (Å²) in [4.78, 5) is 22.2. The topological polar surface area (TPSA) is 145 Å². The van der Waals surface area contributed by atoms with Crippen LogP contribution in [0, 0.1) is 16.0 Å². The number of amides is 1. The summed E-state index contributed by atoms with van der Waals surface area (Å²) in [6, 6.07) is 3.39. The maximum absolute atomic E-state index is 13.2. The van der Waals surface area contributed by atoms with Crippen molar-refractivity contribution in [1.82, 2.24) is 4.31 Å². The molecule has 0 aromatic heterocycles. The first-order chi connectivity index (χ1) is 13.3. The summed E-state index contributed by atoms with van der Waals surface area (Å²) in [5, 5.41) is 14.3. The number of nitrogens with zero attached hydrogens (tertiary/aromatic N) is 2. The number of nitro benzene ring substituents is 1. The predicted octanol–water partition coefficient (Wildman–Crippen LogP) is 1.07. The normalized spacial score (nSPS) is 23.9. The van der Waals surface area contributed by atoms with Crippen LogP contribution in [0.5, 0.6) is 0 Å². The minimum absolute atomic E-state index is 0.169. The fraction of sp³-hybridized carbons (Fsp3) is 0.588. The summed E-state index contributed by atoms with van der Waals surface area (Å²) < 4.78 is 32.8. The van der Waals surface area contributed by atoms with Crippen molar-refractivity contribution in [2.75, 3.05) is 31.6 Å². The Morgan fingerprint density at radius 3 is 2.57 bits per heavy atom. The zero-order valence-electron chi connectivity index (χ0n) is 15.4. The van der Waals surface area contributed by atoms with Gasteiger partial charge < -0.3 is 15.8 Å². The molecule has 0 spiro atoms. The minimum atomic E-state index is -3.97. The molecule has 2 aliphatic rings. The lowest BCUT2D eigenvalue weighted by atomic mass is 9.84. The van der Waals surface area contributed by atoms with E-state index in [-0.39, 0.29) is 48.6 Å². The van der Waals surface area contributed by atoms with E-state index in [4.69, 9.17) is 10.5 Å². The number of anilines is 1. The maximum atomic E-state index is 13.2. The number of rotatable bonds is 6. The second kappa shape index (κ2) is 8.41. The van der Waals surface area contributed by atoms with Crippen LogP contribution >= 0.6 is 0 Å². The molecule has 1 saturated heterocycles. The van der Waals surface area contributed by atoms with E-state index in [2.05, 4.69) is 5.32 Å². The number of ether oxygens (including phenoxy) is 1. The van der Waals surface area contributed by atoms with E-state index in [0.717, 1.165) is 18.9 Å². The Morgan fingerprint density at radius 2 is 1.93 bits per heavy atom. The average molecular weight is 412 g/mol. The SMILES string of the molecule is NC(=O)[C@H]1CCCC[C@H]1Nc1ccc([N+](=O)[O-])cc1S(=O)(=O)N1CCOCC1. The molecule has 1 aromatic carbocycles. The van der Waals surface area contributed by atoms with Gasteiger partial charge in [0.05, 0.1) is 29.7 Å². The van der Waals surface area contributed by atoms with Gasteiger partial charge in [0.15, 0.2) is 0 Å². The highest BCUT2D eigenvalue weighted by Gasteiger charge is 2.34. The van der Waals surface area contributed by atoms with Crippen molar-refractivity contribution in [3.8, 4) is 0 Å². The number of morpholine rings is 1. The Balaban J connectivity index is 1.98. The van der Waals surface area contributed by atoms with Gasteiger partial charge >= 0.3 is 0 Å². The summed E-state index contributed by atoms with van der Waals surface area (Å²) in [5.74, 6) is -0.848. The molecule has 1 heterocycles. The Bertz CT molecular complexity index is 853. The Kier molecular flexibility index (Phi) is 6.16. The third kappa shape index (κ3) is 4.26. The van der Waals surface area contributed by atoms with Gasteiger partial charge in [-0.25, -0.2) is 8.42 Å². The zero-order valence-corrected chi connectivity index (χ0v) is 16.2. The molecule has 28 heavy (non-hydrogen) atoms. The van der Waals surface area contributed by atoms with E-state index in [1.807, 2.05) is 0 Å². The predicted molar refractivity (Wildman–Crippen MR) is 101 cm³/mol. The fourth-order valence-electron chi connectivity index (χ4n) is 3.73. The monoisotopic (exact) mass is 412 g/mol. The quantitative estimate of drug-likeness (QED) is 0.525. The molecular formula is C17H24N4O6S. The molecule has 0 unspecified atom stereocenters. The summed E-state index contributed by atoms with van der Waals surface area (Å²) in [7, 11) is -3.97. The number of sulfonamides is 1. The van der Waals surface area contributed by atoms with Gasteiger partial charge in [0.1, 0.15) is 4.90 Å². The molecule has 1 aromatic rings. The molecule has 0 bridgehead atoms. The Labute approximate surface area is 163 Å². The van der Waals surface area contributed by atoms with Crippen molar-refractivity contribution in [3.63, 3.8) is 0 Å². The summed E-state index contributed by atoms with van der Waals surface area (Å²) in [5.41, 5.74) is 5.44. The van der Waals surface area contributed by atoms with E-state index in [1.54, 1.807) is 0 Å². The van der Waals surface area contributed by atoms with Gasteiger partial charge in [-0.2, -0.15) is 4.31 Å². The zero-order chi connectivity index (χ0) is 20.3. The molecule has 1 aliphatic heterocycles. The highest BCUT2D eigenvalue weighted by atomic mass is 32.2. The van der Waals surface area contributed by atoms with Crippen LogP contribution in [0.4, 0.5) is 11.4 Å². The number of nitrogens with two attached hydrogens (primary N) is 1. The number of nitrogens with one attached hydrogen (secondary N) is 1. The first-order valence-electron chi connectivity index (χ1n) is 9.23. The first-order valence-corrected chi connectivity index (χ1v) is 10.7. The first kappa shape index (κ1) is 20.5. The molecule has 154 valence electrons. The van der Waals surface area contributed by atoms with Crippen LogP contribution in [0.3, 0.4) is 0 Å². The van der Waals surface area contributed by atoms with Crippen LogP contribution in [0.2, 0.25) is 0 Å². The summed E-state index contributed by atoms with van der Waals surface area (Å²) >= 11 is 0. The summed E-state index contributed by atoms with van der Waals surface area (Å²) in [6.45, 7) is 0.891. The van der Waals surface area contributed by atoms with Crippen molar-refractivity contribution >= 4 is 27.3 Å². The third-order valence-corrected chi connectivity index (χ3v) is 7.17. The van der Waals surface area contributed by atoms with Crippen molar-refractivity contribution in [2.24, 2.45) is 11.7 Å². The Hall–Kier alpha value is -2.24. The number of carbonyl (C=O) groups is 1. The van der Waals surface area contributed by atoms with Gasteiger partial charge in [0.2, 0.25) is 15.9 Å². The van der Waals surface area contributed by atoms with Gasteiger partial charge in [-0.05, 0) is 18.9 Å². The van der Waals surface area contributed by atoms with Crippen LogP contribution < -0.4 is 11.1 Å². The molecule has 1 saturated carbocycles. The second-order valence-corrected chi connectivity index (χ2v) is 8.90. The molecule has 3 rings (SSSR count). The van der Waals surface area contributed by atoms with E-state index in [9.17, 15) is 23.3 Å². The van der Waals surface area contributed by atoms with Gasteiger partial charge in [-0.1, -0.05) is 12.8 Å². The smallest absolute Gasteiger partial charge is 0.270 e. The van der Waals surface area contributed by atoms with Gasteiger partial charge in [0, 0.05) is 31.3 Å². The lowest BCUT2D eigenvalue weighted by Crippen LogP contribution is -2.42. The molecule has 10 nitrogen and oxygen atoms in total. The van der Waals surface area contributed by atoms with E-state index >= 15 is 0 Å². The largest absolute Gasteiger partial charge is 0.380 e. The van der Waals surface area contributed by atoms with E-state index in [1.165, 1.54) is 16.4 Å².